The predicted octanol–water partition coefficient (Wildman–Crippen LogP) is 3.43. The van der Waals surface area contributed by atoms with Gasteiger partial charge in [-0.05, 0) is 52.8 Å². The SMILES string of the molecule is Cc1ccc(NC(=O)CCNC(=O)NCc2ccccc2)cc1I. The molecule has 0 aliphatic heterocycles. The van der Waals surface area contributed by atoms with Crippen molar-refractivity contribution in [1.29, 1.82) is 0 Å². The summed E-state index contributed by atoms with van der Waals surface area (Å²) in [6, 6.07) is 15.1. The number of nitrogens with one attached hydrogen (secondary N) is 3. The van der Waals surface area contributed by atoms with E-state index >= 15 is 0 Å². The maximum atomic E-state index is 11.9. The number of carbonyl (C=O) groups excluding carboxylic acids is 2. The van der Waals surface area contributed by atoms with Crippen LogP contribution in [0.2, 0.25) is 0 Å². The topological polar surface area (TPSA) is 70.2 Å². The van der Waals surface area contributed by atoms with Gasteiger partial charge in [-0.3, -0.25) is 4.79 Å². The Balaban J connectivity index is 1.66. The lowest BCUT2D eigenvalue weighted by Crippen LogP contribution is -2.36. The van der Waals surface area contributed by atoms with Crippen molar-refractivity contribution in [3.8, 4) is 0 Å². The van der Waals surface area contributed by atoms with Gasteiger partial charge in [0, 0.05) is 28.8 Å². The van der Waals surface area contributed by atoms with Crippen LogP contribution in [-0.4, -0.2) is 18.5 Å². The molecule has 24 heavy (non-hydrogen) atoms. The van der Waals surface area contributed by atoms with Gasteiger partial charge in [-0.25, -0.2) is 4.79 Å². The molecular formula is C18H20IN3O2. The van der Waals surface area contributed by atoms with Gasteiger partial charge >= 0.3 is 6.03 Å². The van der Waals surface area contributed by atoms with Crippen LogP contribution in [0, 0.1) is 10.5 Å². The van der Waals surface area contributed by atoms with Crippen LogP contribution in [0.25, 0.3) is 0 Å². The van der Waals surface area contributed by atoms with Crippen LogP contribution in [0.3, 0.4) is 0 Å². The van der Waals surface area contributed by atoms with Crippen molar-refractivity contribution in [2.45, 2.75) is 19.9 Å². The first kappa shape index (κ1) is 18.3. The lowest BCUT2D eigenvalue weighted by molar-refractivity contribution is -0.116. The fourth-order valence-corrected chi connectivity index (χ4v) is 2.54. The summed E-state index contributed by atoms with van der Waals surface area (Å²) in [6.07, 6.45) is 0.225. The van der Waals surface area contributed by atoms with Gasteiger partial charge in [0.05, 0.1) is 0 Å². The van der Waals surface area contributed by atoms with E-state index in [0.29, 0.717) is 6.54 Å². The Bertz CT molecular complexity index is 705. The Morgan fingerprint density at radius 2 is 1.79 bits per heavy atom. The first-order chi connectivity index (χ1) is 11.5. The summed E-state index contributed by atoms with van der Waals surface area (Å²) in [7, 11) is 0. The quantitative estimate of drug-likeness (QED) is 0.607. The molecule has 126 valence electrons. The lowest BCUT2D eigenvalue weighted by Gasteiger charge is -2.09. The van der Waals surface area contributed by atoms with Gasteiger partial charge in [0.15, 0.2) is 0 Å². The van der Waals surface area contributed by atoms with Crippen LogP contribution in [-0.2, 0) is 11.3 Å². The zero-order valence-electron chi connectivity index (χ0n) is 13.4. The molecule has 0 radical (unpaired) electrons. The van der Waals surface area contributed by atoms with E-state index in [1.54, 1.807) is 0 Å². The average molecular weight is 437 g/mol. The van der Waals surface area contributed by atoms with Crippen LogP contribution in [0.1, 0.15) is 17.5 Å². The fraction of sp³-hybridized carbons (Fsp3) is 0.222. The maximum Gasteiger partial charge on any atom is 0.315 e. The molecule has 0 spiro atoms. The van der Waals surface area contributed by atoms with Crippen molar-refractivity contribution in [2.24, 2.45) is 0 Å². The third kappa shape index (κ3) is 6.19. The minimum absolute atomic E-state index is 0.127. The number of hydrogen-bond donors (Lipinski definition) is 3. The van der Waals surface area contributed by atoms with Crippen LogP contribution in [0.4, 0.5) is 10.5 Å². The number of urea groups is 1. The molecule has 0 fully saturated rings. The number of benzene rings is 2. The molecule has 0 atom stereocenters. The van der Waals surface area contributed by atoms with Gasteiger partial charge in [-0.15, -0.1) is 0 Å². The maximum absolute atomic E-state index is 11.9. The highest BCUT2D eigenvalue weighted by molar-refractivity contribution is 14.1. The number of rotatable bonds is 6. The Morgan fingerprint density at radius 3 is 2.50 bits per heavy atom. The van der Waals surface area contributed by atoms with E-state index in [1.807, 2.05) is 55.5 Å². The highest BCUT2D eigenvalue weighted by Gasteiger charge is 2.05. The van der Waals surface area contributed by atoms with E-state index in [0.717, 1.165) is 14.8 Å². The van der Waals surface area contributed by atoms with E-state index in [4.69, 9.17) is 0 Å². The van der Waals surface area contributed by atoms with Crippen molar-refractivity contribution < 1.29 is 9.59 Å². The predicted molar refractivity (Wildman–Crippen MR) is 104 cm³/mol. The molecule has 0 saturated carbocycles. The van der Waals surface area contributed by atoms with E-state index < -0.39 is 0 Å². The largest absolute Gasteiger partial charge is 0.338 e. The molecule has 0 aliphatic carbocycles. The van der Waals surface area contributed by atoms with E-state index in [1.165, 1.54) is 5.56 Å². The molecule has 3 amide bonds. The van der Waals surface area contributed by atoms with E-state index in [2.05, 4.69) is 38.5 Å². The molecule has 2 aromatic carbocycles. The Morgan fingerprint density at radius 1 is 1.04 bits per heavy atom. The van der Waals surface area contributed by atoms with Gasteiger partial charge in [0.2, 0.25) is 5.91 Å². The summed E-state index contributed by atoms with van der Waals surface area (Å²) in [5.74, 6) is -0.127. The average Bonchev–Trinajstić information content (AvgIpc) is 2.57. The molecule has 2 rings (SSSR count). The van der Waals surface area contributed by atoms with Crippen molar-refractivity contribution in [3.05, 3.63) is 63.2 Å². The molecule has 0 aromatic heterocycles. The molecule has 0 heterocycles. The molecule has 0 unspecified atom stereocenters. The Labute approximate surface area is 155 Å². The second-order valence-corrected chi connectivity index (χ2v) is 6.52. The number of halogens is 1. The summed E-state index contributed by atoms with van der Waals surface area (Å²) >= 11 is 2.23. The molecular weight excluding hydrogens is 417 g/mol. The first-order valence-corrected chi connectivity index (χ1v) is 8.74. The highest BCUT2D eigenvalue weighted by Crippen LogP contribution is 2.17. The molecule has 0 aliphatic rings. The third-order valence-corrected chi connectivity index (χ3v) is 4.55. The highest BCUT2D eigenvalue weighted by atomic mass is 127. The Kier molecular flexibility index (Phi) is 7.05. The minimum atomic E-state index is -0.281. The fourth-order valence-electron chi connectivity index (χ4n) is 2.02. The summed E-state index contributed by atoms with van der Waals surface area (Å²) in [6.45, 7) is 2.77. The van der Waals surface area contributed by atoms with Crippen LogP contribution in [0.15, 0.2) is 48.5 Å². The van der Waals surface area contributed by atoms with Crippen LogP contribution < -0.4 is 16.0 Å². The van der Waals surface area contributed by atoms with Crippen LogP contribution >= 0.6 is 22.6 Å². The van der Waals surface area contributed by atoms with Crippen molar-refractivity contribution in [3.63, 3.8) is 0 Å². The smallest absolute Gasteiger partial charge is 0.315 e. The van der Waals surface area contributed by atoms with Gasteiger partial charge < -0.3 is 16.0 Å². The number of aryl methyl sites for hydroxylation is 1. The number of amides is 3. The molecule has 0 bridgehead atoms. The van der Waals surface area contributed by atoms with Gasteiger partial charge in [0.1, 0.15) is 0 Å². The zero-order valence-corrected chi connectivity index (χ0v) is 15.6. The minimum Gasteiger partial charge on any atom is -0.338 e. The number of carbonyl (C=O) groups is 2. The van der Waals surface area contributed by atoms with Gasteiger partial charge in [0.25, 0.3) is 0 Å². The molecule has 0 saturated heterocycles. The monoisotopic (exact) mass is 437 g/mol. The zero-order chi connectivity index (χ0) is 17.4. The second-order valence-electron chi connectivity index (χ2n) is 5.36. The van der Waals surface area contributed by atoms with Gasteiger partial charge in [-0.1, -0.05) is 36.4 Å². The summed E-state index contributed by atoms with van der Waals surface area (Å²) in [5.41, 5.74) is 2.97. The Hall–Kier alpha value is -2.09. The molecule has 6 heteroatoms. The number of anilines is 1. The number of hydrogen-bond acceptors (Lipinski definition) is 2. The molecule has 5 nitrogen and oxygen atoms in total. The summed E-state index contributed by atoms with van der Waals surface area (Å²) < 4.78 is 1.10. The lowest BCUT2D eigenvalue weighted by atomic mass is 10.2. The van der Waals surface area contributed by atoms with Crippen LogP contribution in [0.5, 0.6) is 0 Å². The molecule has 3 N–H and O–H groups in total. The third-order valence-electron chi connectivity index (χ3n) is 3.39. The van der Waals surface area contributed by atoms with Crippen molar-refractivity contribution in [2.75, 3.05) is 11.9 Å². The molecule has 2 aromatic rings. The van der Waals surface area contributed by atoms with Crippen molar-refractivity contribution >= 4 is 40.2 Å². The second kappa shape index (κ2) is 9.27. The normalized spacial score (nSPS) is 10.1. The van der Waals surface area contributed by atoms with E-state index in [9.17, 15) is 9.59 Å². The van der Waals surface area contributed by atoms with Gasteiger partial charge in [-0.2, -0.15) is 0 Å². The standard InChI is InChI=1S/C18H20IN3O2/c1-13-7-8-15(11-16(13)19)22-17(23)9-10-20-18(24)21-12-14-5-3-2-4-6-14/h2-8,11H,9-10,12H2,1H3,(H,22,23)(H2,20,21,24). The summed E-state index contributed by atoms with van der Waals surface area (Å²) in [5, 5.41) is 8.26. The first-order valence-electron chi connectivity index (χ1n) is 7.66. The summed E-state index contributed by atoms with van der Waals surface area (Å²) in [4.78, 5) is 23.6. The van der Waals surface area contributed by atoms with Crippen molar-refractivity contribution in [1.82, 2.24) is 10.6 Å². The van der Waals surface area contributed by atoms with E-state index in [-0.39, 0.29) is 24.9 Å².